The molecule has 0 heterocycles. The van der Waals surface area contributed by atoms with Gasteiger partial charge in [0.25, 0.3) is 0 Å². The van der Waals surface area contributed by atoms with E-state index < -0.39 is 17.1 Å². The van der Waals surface area contributed by atoms with Gasteiger partial charge in [-0.3, -0.25) is 0 Å². The first-order valence-corrected chi connectivity index (χ1v) is 5.12. The van der Waals surface area contributed by atoms with Crippen molar-refractivity contribution in [2.75, 3.05) is 0 Å². The standard InChI is InChI=1S/C10H9Cl2F3/c1-2-9(10(13,14)15)6-3-7(11)5-8(12)4-6/h2-3,5,8H,4H2,1H3/b9-2+. The van der Waals surface area contributed by atoms with Crippen LogP contribution < -0.4 is 0 Å². The second kappa shape index (κ2) is 4.62. The average Bonchev–Trinajstić information content (AvgIpc) is 1.99. The van der Waals surface area contributed by atoms with Crippen LogP contribution in [0.15, 0.2) is 34.4 Å². The monoisotopic (exact) mass is 256 g/mol. The van der Waals surface area contributed by atoms with E-state index in [1.165, 1.54) is 19.1 Å². The molecule has 0 fully saturated rings. The second-order valence-corrected chi connectivity index (χ2v) is 4.14. The van der Waals surface area contributed by atoms with Crippen molar-refractivity contribution in [2.45, 2.75) is 24.9 Å². The Bertz CT molecular complexity index is 337. The van der Waals surface area contributed by atoms with Crippen LogP contribution in [0.1, 0.15) is 13.3 Å². The Kier molecular flexibility index (Phi) is 3.90. The van der Waals surface area contributed by atoms with Crippen molar-refractivity contribution in [1.82, 2.24) is 0 Å². The molecule has 0 aromatic heterocycles. The molecule has 0 N–H and O–H groups in total. The molecule has 0 saturated heterocycles. The van der Waals surface area contributed by atoms with Crippen molar-refractivity contribution in [2.24, 2.45) is 0 Å². The summed E-state index contributed by atoms with van der Waals surface area (Å²) < 4.78 is 37.6. The molecule has 0 spiro atoms. The predicted octanol–water partition coefficient (Wildman–Crippen LogP) is 4.56. The summed E-state index contributed by atoms with van der Waals surface area (Å²) in [5, 5.41) is -0.227. The van der Waals surface area contributed by atoms with Gasteiger partial charge in [-0.1, -0.05) is 17.7 Å². The van der Waals surface area contributed by atoms with E-state index in [-0.39, 0.29) is 17.0 Å². The predicted molar refractivity (Wildman–Crippen MR) is 56.1 cm³/mol. The van der Waals surface area contributed by atoms with Crippen LogP contribution in [0.5, 0.6) is 0 Å². The summed E-state index contributed by atoms with van der Waals surface area (Å²) in [7, 11) is 0. The molecule has 0 aliphatic heterocycles. The number of allylic oxidation sites excluding steroid dienone is 6. The highest BCUT2D eigenvalue weighted by Crippen LogP contribution is 2.37. The van der Waals surface area contributed by atoms with E-state index in [9.17, 15) is 13.2 Å². The van der Waals surface area contributed by atoms with Gasteiger partial charge in [0.15, 0.2) is 0 Å². The molecule has 1 unspecified atom stereocenters. The molecule has 0 saturated carbocycles. The van der Waals surface area contributed by atoms with Gasteiger partial charge in [0.2, 0.25) is 0 Å². The third-order valence-electron chi connectivity index (χ3n) is 2.01. The van der Waals surface area contributed by atoms with Crippen molar-refractivity contribution in [3.8, 4) is 0 Å². The lowest BCUT2D eigenvalue weighted by atomic mass is 9.96. The molecule has 1 aliphatic carbocycles. The Labute approximate surface area is 96.1 Å². The molecular weight excluding hydrogens is 248 g/mol. The van der Waals surface area contributed by atoms with Crippen LogP contribution in [0.3, 0.4) is 0 Å². The minimum atomic E-state index is -4.36. The quantitative estimate of drug-likeness (QED) is 0.604. The topological polar surface area (TPSA) is 0 Å². The second-order valence-electron chi connectivity index (χ2n) is 3.14. The lowest BCUT2D eigenvalue weighted by molar-refractivity contribution is -0.0897. The third-order valence-corrected chi connectivity index (χ3v) is 2.52. The van der Waals surface area contributed by atoms with Crippen molar-refractivity contribution in [3.05, 3.63) is 34.4 Å². The molecule has 1 rings (SSSR count). The van der Waals surface area contributed by atoms with Gasteiger partial charge < -0.3 is 0 Å². The number of halogens is 5. The maximum atomic E-state index is 12.5. The Morgan fingerprint density at radius 1 is 1.53 bits per heavy atom. The summed E-state index contributed by atoms with van der Waals surface area (Å²) in [5.74, 6) is 0. The van der Waals surface area contributed by atoms with Gasteiger partial charge in [-0.25, -0.2) is 0 Å². The van der Waals surface area contributed by atoms with E-state index in [1.54, 1.807) is 0 Å². The molecule has 0 radical (unpaired) electrons. The molecule has 0 nitrogen and oxygen atoms in total. The molecule has 5 heteroatoms. The zero-order valence-corrected chi connectivity index (χ0v) is 9.42. The molecule has 0 amide bonds. The summed E-state index contributed by atoms with van der Waals surface area (Å²) in [4.78, 5) is 0. The summed E-state index contributed by atoms with van der Waals surface area (Å²) in [6.45, 7) is 1.35. The number of hydrogen-bond donors (Lipinski definition) is 0. The maximum absolute atomic E-state index is 12.5. The number of rotatable bonds is 1. The van der Waals surface area contributed by atoms with Crippen LogP contribution in [0.25, 0.3) is 0 Å². The third kappa shape index (κ3) is 3.28. The smallest absolute Gasteiger partial charge is 0.166 e. The first-order valence-electron chi connectivity index (χ1n) is 4.30. The SMILES string of the molecule is C/C=C(\C1=CC(Cl)=CC(Cl)C1)C(F)(F)F. The van der Waals surface area contributed by atoms with Gasteiger partial charge >= 0.3 is 6.18 Å². The highest BCUT2D eigenvalue weighted by atomic mass is 35.5. The zero-order valence-electron chi connectivity index (χ0n) is 7.91. The Hall–Kier alpha value is -0.410. The van der Waals surface area contributed by atoms with E-state index in [0.29, 0.717) is 0 Å². The Balaban J connectivity index is 3.03. The van der Waals surface area contributed by atoms with Crippen LogP contribution in [-0.4, -0.2) is 11.6 Å². The maximum Gasteiger partial charge on any atom is 0.416 e. The van der Waals surface area contributed by atoms with Crippen molar-refractivity contribution < 1.29 is 13.2 Å². The van der Waals surface area contributed by atoms with Gasteiger partial charge in [-0.2, -0.15) is 13.2 Å². The molecule has 1 aliphatic rings. The van der Waals surface area contributed by atoms with Crippen molar-refractivity contribution >= 4 is 23.2 Å². The van der Waals surface area contributed by atoms with E-state index in [4.69, 9.17) is 23.2 Å². The van der Waals surface area contributed by atoms with Gasteiger partial charge in [-0.05, 0) is 31.1 Å². The number of alkyl halides is 4. The summed E-state index contributed by atoms with van der Waals surface area (Å²) in [6, 6.07) is 0. The minimum absolute atomic E-state index is 0.137. The molecule has 84 valence electrons. The fourth-order valence-electron chi connectivity index (χ4n) is 1.43. The van der Waals surface area contributed by atoms with Crippen LogP contribution in [-0.2, 0) is 0 Å². The van der Waals surface area contributed by atoms with E-state index >= 15 is 0 Å². The Morgan fingerprint density at radius 3 is 2.53 bits per heavy atom. The van der Waals surface area contributed by atoms with Crippen LogP contribution in [0.2, 0.25) is 0 Å². The summed E-state index contributed by atoms with van der Waals surface area (Å²) in [5.41, 5.74) is -0.531. The lowest BCUT2D eigenvalue weighted by Crippen LogP contribution is -2.17. The minimum Gasteiger partial charge on any atom is -0.166 e. The van der Waals surface area contributed by atoms with Gasteiger partial charge in [0.05, 0.1) is 11.0 Å². The van der Waals surface area contributed by atoms with E-state index in [0.717, 1.165) is 6.08 Å². The van der Waals surface area contributed by atoms with E-state index in [1.807, 2.05) is 0 Å². The van der Waals surface area contributed by atoms with Crippen LogP contribution in [0.4, 0.5) is 13.2 Å². The van der Waals surface area contributed by atoms with Crippen molar-refractivity contribution in [3.63, 3.8) is 0 Å². The van der Waals surface area contributed by atoms with Crippen LogP contribution in [0, 0.1) is 0 Å². The van der Waals surface area contributed by atoms with Crippen LogP contribution >= 0.6 is 23.2 Å². The number of hydrogen-bond acceptors (Lipinski definition) is 0. The first kappa shape index (κ1) is 12.7. The normalized spacial score (nSPS) is 23.6. The fourth-order valence-corrected chi connectivity index (χ4v) is 2.08. The zero-order chi connectivity index (χ0) is 11.6. The van der Waals surface area contributed by atoms with Gasteiger partial charge in [0.1, 0.15) is 0 Å². The lowest BCUT2D eigenvalue weighted by Gasteiger charge is -2.19. The molecule has 0 aromatic carbocycles. The highest BCUT2D eigenvalue weighted by molar-refractivity contribution is 6.32. The molecule has 1 atom stereocenters. The molecule has 0 bridgehead atoms. The average molecular weight is 257 g/mol. The van der Waals surface area contributed by atoms with Gasteiger partial charge in [-0.15, -0.1) is 11.6 Å². The van der Waals surface area contributed by atoms with Gasteiger partial charge in [0, 0.05) is 5.03 Å². The first-order chi connectivity index (χ1) is 6.84. The highest BCUT2D eigenvalue weighted by Gasteiger charge is 2.36. The molecular formula is C10H9Cl2F3. The summed E-state index contributed by atoms with van der Waals surface area (Å²) in [6.07, 6.45) is -0.340. The Morgan fingerprint density at radius 2 is 2.13 bits per heavy atom. The largest absolute Gasteiger partial charge is 0.416 e. The molecule has 15 heavy (non-hydrogen) atoms. The van der Waals surface area contributed by atoms with E-state index in [2.05, 4.69) is 0 Å². The molecule has 0 aromatic rings. The summed E-state index contributed by atoms with van der Waals surface area (Å²) >= 11 is 11.4. The van der Waals surface area contributed by atoms with Crippen molar-refractivity contribution in [1.29, 1.82) is 0 Å². The fraction of sp³-hybridized carbons (Fsp3) is 0.400.